The monoisotopic (exact) mass is 560 g/mol. The van der Waals surface area contributed by atoms with Gasteiger partial charge in [0.2, 0.25) is 5.88 Å². The molecule has 3 aromatic carbocycles. The van der Waals surface area contributed by atoms with Gasteiger partial charge in [0.25, 0.3) is 11.5 Å². The number of aliphatic hydroxyl groups is 1. The lowest BCUT2D eigenvalue weighted by molar-refractivity contribution is 0.0986. The molecule has 0 aliphatic heterocycles. The summed E-state index contributed by atoms with van der Waals surface area (Å²) in [6, 6.07) is 16.6. The number of benzene rings is 3. The van der Waals surface area contributed by atoms with Crippen LogP contribution in [0.15, 0.2) is 88.6 Å². The Morgan fingerprint density at radius 2 is 1.78 bits per heavy atom. The second kappa shape index (κ2) is 11.4. The number of para-hydroxylation sites is 1. The predicted molar refractivity (Wildman–Crippen MR) is 146 cm³/mol. The molecular weight excluding hydrogens is 538 g/mol. The standard InChI is InChI=1S/C29H22F2N4O6/c1-2-34-15-21(28(38)35(29(34)39)19-10-8-18(30)9-11-19)27(37)33-23-5-3-4-22(31)26(23)41-25-13-7-17-6-12-20(40-16-36)14-24(17)32-25/h3-15,36H,2,16H2,1H3,(H,33,37). The number of nitrogens with zero attached hydrogens (tertiary/aromatic N) is 3. The molecule has 0 aliphatic rings. The Balaban J connectivity index is 1.50. The van der Waals surface area contributed by atoms with E-state index in [2.05, 4.69) is 10.3 Å². The molecule has 0 saturated carbocycles. The lowest BCUT2D eigenvalue weighted by Crippen LogP contribution is -2.42. The van der Waals surface area contributed by atoms with Gasteiger partial charge in [-0.25, -0.2) is 23.1 Å². The molecule has 2 N–H and O–H groups in total. The van der Waals surface area contributed by atoms with E-state index in [9.17, 15) is 23.2 Å². The van der Waals surface area contributed by atoms with Crippen molar-refractivity contribution in [3.05, 3.63) is 117 Å². The molecule has 0 fully saturated rings. The third-order valence-corrected chi connectivity index (χ3v) is 6.12. The normalized spacial score (nSPS) is 10.9. The highest BCUT2D eigenvalue weighted by Crippen LogP contribution is 2.33. The van der Waals surface area contributed by atoms with E-state index in [1.807, 2.05) is 0 Å². The van der Waals surface area contributed by atoms with Gasteiger partial charge >= 0.3 is 5.69 Å². The lowest BCUT2D eigenvalue weighted by atomic mass is 10.2. The molecule has 1 amide bonds. The molecule has 0 unspecified atom stereocenters. The smallest absolute Gasteiger partial charge is 0.335 e. The molecule has 208 valence electrons. The predicted octanol–water partition coefficient (Wildman–Crippen LogP) is 4.22. The number of pyridine rings is 1. The first-order valence-electron chi connectivity index (χ1n) is 12.3. The van der Waals surface area contributed by atoms with E-state index in [1.54, 1.807) is 31.2 Å². The molecule has 5 rings (SSSR count). The van der Waals surface area contributed by atoms with Crippen LogP contribution < -0.4 is 26.0 Å². The summed E-state index contributed by atoms with van der Waals surface area (Å²) in [5.74, 6) is -2.31. The molecule has 0 radical (unpaired) electrons. The van der Waals surface area contributed by atoms with E-state index < -0.39 is 41.1 Å². The van der Waals surface area contributed by atoms with Gasteiger partial charge in [0.05, 0.1) is 16.9 Å². The summed E-state index contributed by atoms with van der Waals surface area (Å²) in [7, 11) is 0. The molecule has 2 aromatic heterocycles. The number of ether oxygens (including phenoxy) is 2. The van der Waals surface area contributed by atoms with E-state index in [-0.39, 0.29) is 29.5 Å². The first kappa shape index (κ1) is 27.2. The minimum atomic E-state index is -0.945. The highest BCUT2D eigenvalue weighted by Gasteiger charge is 2.21. The number of aliphatic hydroxyl groups excluding tert-OH is 1. The number of aryl methyl sites for hydroxylation is 1. The molecule has 0 aliphatic carbocycles. The quantitative estimate of drug-likeness (QED) is 0.272. The van der Waals surface area contributed by atoms with Crippen LogP contribution in [0.25, 0.3) is 16.6 Å². The molecule has 10 nitrogen and oxygen atoms in total. The molecule has 0 bridgehead atoms. The number of carbonyl (C=O) groups is 1. The van der Waals surface area contributed by atoms with Crippen LogP contribution in [0, 0.1) is 11.6 Å². The van der Waals surface area contributed by atoms with Crippen molar-refractivity contribution in [3.63, 3.8) is 0 Å². The van der Waals surface area contributed by atoms with Crippen molar-refractivity contribution in [2.75, 3.05) is 12.1 Å². The van der Waals surface area contributed by atoms with Crippen LogP contribution in [0.2, 0.25) is 0 Å². The van der Waals surface area contributed by atoms with Gasteiger partial charge in [-0.2, -0.15) is 0 Å². The zero-order chi connectivity index (χ0) is 29.1. The van der Waals surface area contributed by atoms with Crippen molar-refractivity contribution in [3.8, 4) is 23.1 Å². The molecular formula is C29H22F2N4O6. The third-order valence-electron chi connectivity index (χ3n) is 6.12. The molecule has 0 atom stereocenters. The lowest BCUT2D eigenvalue weighted by Gasteiger charge is -2.15. The first-order chi connectivity index (χ1) is 19.8. The zero-order valence-electron chi connectivity index (χ0n) is 21.5. The maximum atomic E-state index is 14.9. The fraction of sp³-hybridized carbons (Fsp3) is 0.103. The van der Waals surface area contributed by atoms with Gasteiger partial charge in [0.15, 0.2) is 18.4 Å². The summed E-state index contributed by atoms with van der Waals surface area (Å²) < 4.78 is 41.1. The number of rotatable bonds is 8. The van der Waals surface area contributed by atoms with Gasteiger partial charge in [-0.3, -0.25) is 14.2 Å². The number of hydrogen-bond acceptors (Lipinski definition) is 7. The highest BCUT2D eigenvalue weighted by atomic mass is 19.1. The van der Waals surface area contributed by atoms with Crippen LogP contribution in [0.5, 0.6) is 17.4 Å². The van der Waals surface area contributed by atoms with E-state index in [0.717, 1.165) is 38.9 Å². The van der Waals surface area contributed by atoms with Crippen molar-refractivity contribution >= 4 is 22.5 Å². The SMILES string of the molecule is CCn1cc(C(=O)Nc2cccc(F)c2Oc2ccc3ccc(OCO)cc3n2)c(=O)n(-c2ccc(F)cc2)c1=O. The number of hydrogen-bond donors (Lipinski definition) is 2. The molecule has 41 heavy (non-hydrogen) atoms. The number of anilines is 1. The summed E-state index contributed by atoms with van der Waals surface area (Å²) in [5, 5.41) is 12.2. The fourth-order valence-corrected chi connectivity index (χ4v) is 4.11. The van der Waals surface area contributed by atoms with E-state index in [4.69, 9.17) is 14.6 Å². The van der Waals surface area contributed by atoms with Gasteiger partial charge in [-0.1, -0.05) is 6.07 Å². The summed E-state index contributed by atoms with van der Waals surface area (Å²) in [6.45, 7) is 1.26. The average Bonchev–Trinajstić information content (AvgIpc) is 2.96. The van der Waals surface area contributed by atoms with Gasteiger partial charge < -0.3 is 19.9 Å². The largest absolute Gasteiger partial charge is 0.468 e. The number of aromatic nitrogens is 3. The van der Waals surface area contributed by atoms with Crippen LogP contribution in [-0.2, 0) is 6.54 Å². The molecule has 5 aromatic rings. The third kappa shape index (κ3) is 5.54. The maximum absolute atomic E-state index is 14.9. The van der Waals surface area contributed by atoms with Crippen LogP contribution in [0.4, 0.5) is 14.5 Å². The van der Waals surface area contributed by atoms with Crippen molar-refractivity contribution in [2.24, 2.45) is 0 Å². The van der Waals surface area contributed by atoms with Crippen molar-refractivity contribution in [2.45, 2.75) is 13.5 Å². The van der Waals surface area contributed by atoms with Gasteiger partial charge in [-0.15, -0.1) is 0 Å². The summed E-state index contributed by atoms with van der Waals surface area (Å²) in [6.07, 6.45) is 1.11. The second-order valence-electron chi connectivity index (χ2n) is 8.68. The van der Waals surface area contributed by atoms with Crippen LogP contribution in [0.3, 0.4) is 0 Å². The molecule has 0 saturated heterocycles. The Bertz CT molecular complexity index is 1890. The Labute approximate surface area is 230 Å². The van der Waals surface area contributed by atoms with E-state index in [0.29, 0.717) is 11.3 Å². The highest BCUT2D eigenvalue weighted by molar-refractivity contribution is 6.04. The number of halogens is 2. The Hall–Kier alpha value is -5.36. The Morgan fingerprint density at radius 1 is 1.02 bits per heavy atom. The van der Waals surface area contributed by atoms with Gasteiger partial charge in [0, 0.05) is 30.3 Å². The first-order valence-corrected chi connectivity index (χ1v) is 12.3. The number of nitrogens with one attached hydrogen (secondary N) is 1. The van der Waals surface area contributed by atoms with Gasteiger partial charge in [0.1, 0.15) is 17.1 Å². The second-order valence-corrected chi connectivity index (χ2v) is 8.68. The summed E-state index contributed by atoms with van der Waals surface area (Å²) >= 11 is 0. The van der Waals surface area contributed by atoms with Crippen molar-refractivity contribution in [1.82, 2.24) is 14.1 Å². The summed E-state index contributed by atoms with van der Waals surface area (Å²) in [5.41, 5.74) is -1.66. The minimum Gasteiger partial charge on any atom is -0.468 e. The van der Waals surface area contributed by atoms with E-state index >= 15 is 0 Å². The Morgan fingerprint density at radius 3 is 2.51 bits per heavy atom. The molecule has 0 spiro atoms. The van der Waals surface area contributed by atoms with E-state index in [1.165, 1.54) is 30.3 Å². The zero-order valence-corrected chi connectivity index (χ0v) is 21.5. The number of carbonyl (C=O) groups excluding carboxylic acids is 1. The number of amides is 1. The molecule has 2 heterocycles. The maximum Gasteiger partial charge on any atom is 0.335 e. The average molecular weight is 561 g/mol. The topological polar surface area (TPSA) is 125 Å². The fourth-order valence-electron chi connectivity index (χ4n) is 4.11. The van der Waals surface area contributed by atoms with Crippen molar-refractivity contribution < 1.29 is 28.2 Å². The Kier molecular flexibility index (Phi) is 7.57. The molecule has 12 heteroatoms. The van der Waals surface area contributed by atoms with Crippen LogP contribution in [0.1, 0.15) is 17.3 Å². The number of fused-ring (bicyclic) bond motifs is 1. The van der Waals surface area contributed by atoms with Crippen molar-refractivity contribution in [1.29, 1.82) is 0 Å². The van der Waals surface area contributed by atoms with Crippen LogP contribution in [-0.4, -0.2) is 31.9 Å². The summed E-state index contributed by atoms with van der Waals surface area (Å²) in [4.78, 5) is 43.8. The van der Waals surface area contributed by atoms with Crippen LogP contribution >= 0.6 is 0 Å². The minimum absolute atomic E-state index is 0.00237. The van der Waals surface area contributed by atoms with Gasteiger partial charge in [-0.05, 0) is 61.5 Å².